The summed E-state index contributed by atoms with van der Waals surface area (Å²) >= 11 is 0. The Bertz CT molecular complexity index is 1030. The summed E-state index contributed by atoms with van der Waals surface area (Å²) < 4.78 is 20.5. The molecule has 0 saturated carbocycles. The van der Waals surface area contributed by atoms with Gasteiger partial charge in [-0.25, -0.2) is 4.39 Å². The van der Waals surface area contributed by atoms with Crippen molar-refractivity contribution < 1.29 is 9.13 Å². The van der Waals surface area contributed by atoms with Crippen molar-refractivity contribution in [2.45, 2.75) is 32.3 Å². The van der Waals surface area contributed by atoms with Crippen molar-refractivity contribution in [2.24, 2.45) is 10.7 Å². The van der Waals surface area contributed by atoms with Gasteiger partial charge in [-0.1, -0.05) is 36.4 Å². The maximum absolute atomic E-state index is 14.8. The molecular formula is C24H28FN3O. The third kappa shape index (κ3) is 4.41. The first-order valence-electron chi connectivity index (χ1n) is 10.4. The van der Waals surface area contributed by atoms with Crippen LogP contribution >= 0.6 is 0 Å². The topological polar surface area (TPSA) is 59.6 Å². The number of nitrogens with two attached hydrogens (primary N) is 1. The maximum atomic E-state index is 14.8. The van der Waals surface area contributed by atoms with Gasteiger partial charge in [-0.3, -0.25) is 4.99 Å². The highest BCUT2D eigenvalue weighted by molar-refractivity contribution is 6.01. The Morgan fingerprint density at radius 2 is 1.93 bits per heavy atom. The number of fused-ring (bicyclic) bond motifs is 1. The van der Waals surface area contributed by atoms with Gasteiger partial charge in [-0.05, 0) is 58.9 Å². The molecule has 1 heterocycles. The Labute approximate surface area is 171 Å². The molecule has 3 N–H and O–H groups in total. The maximum Gasteiger partial charge on any atom is 0.128 e. The molecule has 0 bridgehead atoms. The summed E-state index contributed by atoms with van der Waals surface area (Å²) in [6, 6.07) is 9.57. The van der Waals surface area contributed by atoms with Gasteiger partial charge in [0.2, 0.25) is 0 Å². The van der Waals surface area contributed by atoms with Crippen LogP contribution in [-0.4, -0.2) is 32.1 Å². The van der Waals surface area contributed by atoms with Crippen LogP contribution in [-0.2, 0) is 24.2 Å². The van der Waals surface area contributed by atoms with Gasteiger partial charge in [-0.2, -0.15) is 0 Å². The fraction of sp³-hybridized carbons (Fsp3) is 0.375. The minimum atomic E-state index is -0.167. The van der Waals surface area contributed by atoms with Crippen molar-refractivity contribution in [1.29, 1.82) is 0 Å². The van der Waals surface area contributed by atoms with E-state index < -0.39 is 0 Å². The molecule has 0 saturated heterocycles. The molecule has 0 amide bonds. The highest BCUT2D eigenvalue weighted by atomic mass is 19.1. The molecule has 1 aliphatic carbocycles. The fourth-order valence-corrected chi connectivity index (χ4v) is 4.17. The van der Waals surface area contributed by atoms with E-state index >= 15 is 0 Å². The van der Waals surface area contributed by atoms with E-state index in [1.807, 2.05) is 6.07 Å². The molecule has 0 aromatic heterocycles. The number of amidine groups is 1. The zero-order chi connectivity index (χ0) is 20.1. The number of nitrogens with one attached hydrogen (secondary N) is 1. The Balaban J connectivity index is 1.67. The highest BCUT2D eigenvalue weighted by Crippen LogP contribution is 2.19. The molecule has 0 radical (unpaired) electrons. The van der Waals surface area contributed by atoms with Crippen LogP contribution in [0.4, 0.5) is 4.39 Å². The highest BCUT2D eigenvalue weighted by Gasteiger charge is 2.17. The Hall–Kier alpha value is -2.50. The molecule has 29 heavy (non-hydrogen) atoms. The first kappa shape index (κ1) is 19.8. The van der Waals surface area contributed by atoms with Crippen LogP contribution in [0.15, 0.2) is 35.3 Å². The lowest BCUT2D eigenvalue weighted by molar-refractivity contribution is 0.127. The molecule has 0 atom stereocenters. The quantitative estimate of drug-likeness (QED) is 0.673. The van der Waals surface area contributed by atoms with Crippen molar-refractivity contribution in [3.63, 3.8) is 0 Å². The number of hydrogen-bond donors (Lipinski definition) is 2. The third-order valence-corrected chi connectivity index (χ3v) is 5.56. The second-order valence-electron chi connectivity index (χ2n) is 7.46. The van der Waals surface area contributed by atoms with Gasteiger partial charge >= 0.3 is 0 Å². The van der Waals surface area contributed by atoms with Crippen molar-refractivity contribution >= 4 is 18.0 Å². The summed E-state index contributed by atoms with van der Waals surface area (Å²) in [5.41, 5.74) is 9.60. The molecule has 1 aliphatic heterocycles. The first-order valence-corrected chi connectivity index (χ1v) is 10.4. The lowest BCUT2D eigenvalue weighted by atomic mass is 9.92. The monoisotopic (exact) mass is 393 g/mol. The van der Waals surface area contributed by atoms with Crippen LogP contribution < -0.4 is 21.5 Å². The second kappa shape index (κ2) is 9.33. The fourth-order valence-electron chi connectivity index (χ4n) is 4.17. The summed E-state index contributed by atoms with van der Waals surface area (Å²) in [6.07, 6.45) is 8.08. The SMILES string of the molecule is NCCOCc1ccc2c(c1CCc1c(F)cccc1C1=NCCN1)=CCCC=2. The molecule has 0 unspecified atom stereocenters. The van der Waals surface area contributed by atoms with Crippen molar-refractivity contribution in [2.75, 3.05) is 26.2 Å². The summed E-state index contributed by atoms with van der Waals surface area (Å²) in [6.45, 7) is 3.13. The van der Waals surface area contributed by atoms with Crippen LogP contribution in [0, 0.1) is 5.82 Å². The van der Waals surface area contributed by atoms with Crippen LogP contribution in [0.5, 0.6) is 0 Å². The smallest absolute Gasteiger partial charge is 0.128 e. The minimum Gasteiger partial charge on any atom is -0.375 e. The van der Waals surface area contributed by atoms with E-state index in [4.69, 9.17) is 10.5 Å². The number of nitrogens with zero attached hydrogens (tertiary/aromatic N) is 1. The van der Waals surface area contributed by atoms with Gasteiger partial charge in [0.05, 0.1) is 19.8 Å². The van der Waals surface area contributed by atoms with Crippen molar-refractivity contribution in [1.82, 2.24) is 5.32 Å². The summed E-state index contributed by atoms with van der Waals surface area (Å²) in [5.74, 6) is 0.640. The molecule has 152 valence electrons. The number of ether oxygens (including phenoxy) is 1. The van der Waals surface area contributed by atoms with Crippen LogP contribution in [0.1, 0.15) is 35.1 Å². The van der Waals surface area contributed by atoms with E-state index in [1.165, 1.54) is 16.0 Å². The summed E-state index contributed by atoms with van der Waals surface area (Å²) in [5, 5.41) is 5.82. The van der Waals surface area contributed by atoms with Gasteiger partial charge < -0.3 is 15.8 Å². The average molecular weight is 394 g/mol. The largest absolute Gasteiger partial charge is 0.375 e. The molecule has 4 nitrogen and oxygen atoms in total. The van der Waals surface area contributed by atoms with E-state index in [2.05, 4.69) is 34.6 Å². The Morgan fingerprint density at radius 1 is 1.07 bits per heavy atom. The molecular weight excluding hydrogens is 365 g/mol. The average Bonchev–Trinajstić information content (AvgIpc) is 3.28. The standard InChI is InChI=1S/C24H28FN3O/c25-23-7-3-6-22(24-27-13-14-28-24)21(23)11-10-20-18(16-29-15-12-26)9-8-17-4-1-2-5-19(17)20/h3-9H,1-2,10-16,26H2,(H,27,28). The normalized spacial score (nSPS) is 15.2. The van der Waals surface area contributed by atoms with E-state index in [0.29, 0.717) is 26.2 Å². The molecule has 2 aliphatic rings. The first-order chi connectivity index (χ1) is 14.3. The lowest BCUT2D eigenvalue weighted by Gasteiger charge is -2.16. The number of benzene rings is 2. The van der Waals surface area contributed by atoms with Gasteiger partial charge in [0, 0.05) is 18.7 Å². The van der Waals surface area contributed by atoms with E-state index in [9.17, 15) is 4.39 Å². The molecule has 4 rings (SSSR count). The summed E-state index contributed by atoms with van der Waals surface area (Å²) in [7, 11) is 0. The van der Waals surface area contributed by atoms with Crippen molar-refractivity contribution in [3.8, 4) is 0 Å². The lowest BCUT2D eigenvalue weighted by Crippen LogP contribution is -2.32. The second-order valence-corrected chi connectivity index (χ2v) is 7.46. The molecule has 5 heteroatoms. The minimum absolute atomic E-state index is 0.167. The number of aliphatic imine (C=N–C) groups is 1. The molecule has 2 aromatic carbocycles. The molecule has 0 fully saturated rings. The third-order valence-electron chi connectivity index (χ3n) is 5.56. The van der Waals surface area contributed by atoms with Gasteiger partial charge in [0.15, 0.2) is 0 Å². The molecule has 2 aromatic rings. The molecule has 0 spiro atoms. The van der Waals surface area contributed by atoms with E-state index in [1.54, 1.807) is 12.1 Å². The van der Waals surface area contributed by atoms with Crippen LogP contribution in [0.2, 0.25) is 0 Å². The zero-order valence-corrected chi connectivity index (χ0v) is 16.7. The van der Waals surface area contributed by atoms with E-state index in [0.717, 1.165) is 54.9 Å². The van der Waals surface area contributed by atoms with Crippen molar-refractivity contribution in [3.05, 3.63) is 68.8 Å². The number of hydrogen-bond acceptors (Lipinski definition) is 4. The van der Waals surface area contributed by atoms with E-state index in [-0.39, 0.29) is 5.82 Å². The zero-order valence-electron chi connectivity index (χ0n) is 16.7. The van der Waals surface area contributed by atoms with Gasteiger partial charge in [0.1, 0.15) is 11.7 Å². The summed E-state index contributed by atoms with van der Waals surface area (Å²) in [4.78, 5) is 4.50. The van der Waals surface area contributed by atoms with Crippen LogP contribution in [0.3, 0.4) is 0 Å². The van der Waals surface area contributed by atoms with Crippen LogP contribution in [0.25, 0.3) is 12.2 Å². The number of halogens is 1. The van der Waals surface area contributed by atoms with Gasteiger partial charge in [-0.15, -0.1) is 0 Å². The Morgan fingerprint density at radius 3 is 2.76 bits per heavy atom. The number of rotatable bonds is 8. The Kier molecular flexibility index (Phi) is 6.37. The predicted octanol–water partition coefficient (Wildman–Crippen LogP) is 1.79. The predicted molar refractivity (Wildman–Crippen MR) is 116 cm³/mol. The van der Waals surface area contributed by atoms with Gasteiger partial charge in [0.25, 0.3) is 0 Å².